The van der Waals surface area contributed by atoms with Gasteiger partial charge in [0.2, 0.25) is 0 Å². The lowest BCUT2D eigenvalue weighted by atomic mass is 10.1. The van der Waals surface area contributed by atoms with Crippen molar-refractivity contribution in [1.82, 2.24) is 30.2 Å². The number of nitrogens with zero attached hydrogens (tertiary/aromatic N) is 4. The number of aryl methyl sites for hydroxylation is 1. The zero-order valence-electron chi connectivity index (χ0n) is 15.7. The zero-order chi connectivity index (χ0) is 19.5. The lowest BCUT2D eigenvalue weighted by molar-refractivity contribution is 0.0761. The molecule has 1 aliphatic rings. The van der Waals surface area contributed by atoms with E-state index in [9.17, 15) is 9.59 Å². The van der Waals surface area contributed by atoms with E-state index in [1.54, 1.807) is 0 Å². The summed E-state index contributed by atoms with van der Waals surface area (Å²) in [7, 11) is 0. The number of fused-ring (bicyclic) bond motifs is 1. The molecule has 8 heteroatoms. The highest BCUT2D eigenvalue weighted by Crippen LogP contribution is 2.18. The Morgan fingerprint density at radius 3 is 2.93 bits per heavy atom. The first kappa shape index (κ1) is 18.1. The first-order chi connectivity index (χ1) is 13.6. The number of carbonyl (C=O) groups is 2. The molecule has 0 radical (unpaired) electrons. The number of nitrogens with one attached hydrogen (secondary N) is 2. The van der Waals surface area contributed by atoms with Crippen molar-refractivity contribution in [2.45, 2.75) is 32.2 Å². The molecule has 4 rings (SSSR count). The van der Waals surface area contributed by atoms with Gasteiger partial charge >= 0.3 is 0 Å². The average Bonchev–Trinajstić information content (AvgIpc) is 2.93. The Kier molecular flexibility index (Phi) is 5.01. The van der Waals surface area contributed by atoms with Crippen LogP contribution in [0.1, 0.15) is 45.9 Å². The Morgan fingerprint density at radius 1 is 1.21 bits per heavy atom. The number of likely N-dealkylation sites (tertiary alicyclic amines) is 1. The summed E-state index contributed by atoms with van der Waals surface area (Å²) in [5.74, 6) is 0.615. The number of amides is 2. The van der Waals surface area contributed by atoms with Crippen LogP contribution in [0.5, 0.6) is 0 Å². The van der Waals surface area contributed by atoms with E-state index in [0.29, 0.717) is 30.8 Å². The first-order valence-electron chi connectivity index (χ1n) is 9.42. The molecule has 3 aromatic rings. The Bertz CT molecular complexity index is 1000. The molecule has 144 valence electrons. The van der Waals surface area contributed by atoms with Crippen LogP contribution in [0.15, 0.2) is 36.8 Å². The van der Waals surface area contributed by atoms with Gasteiger partial charge in [0.05, 0.1) is 17.2 Å². The highest BCUT2D eigenvalue weighted by molar-refractivity contribution is 5.97. The van der Waals surface area contributed by atoms with E-state index < -0.39 is 0 Å². The van der Waals surface area contributed by atoms with Crippen LogP contribution in [0, 0.1) is 6.92 Å². The molecule has 2 aromatic heterocycles. The molecule has 1 aromatic carbocycles. The van der Waals surface area contributed by atoms with E-state index in [1.165, 1.54) is 18.6 Å². The maximum Gasteiger partial charge on any atom is 0.271 e. The molecule has 1 aliphatic heterocycles. The van der Waals surface area contributed by atoms with Crippen molar-refractivity contribution in [2.75, 3.05) is 13.1 Å². The van der Waals surface area contributed by atoms with Gasteiger partial charge in [-0.15, -0.1) is 0 Å². The summed E-state index contributed by atoms with van der Waals surface area (Å²) in [5, 5.41) is 3.01. The van der Waals surface area contributed by atoms with E-state index in [0.717, 1.165) is 29.7 Å². The fraction of sp³-hybridized carbons (Fsp3) is 0.350. The predicted octanol–water partition coefficient (Wildman–Crippen LogP) is 2.09. The van der Waals surface area contributed by atoms with Crippen molar-refractivity contribution in [2.24, 2.45) is 0 Å². The van der Waals surface area contributed by atoms with Crippen molar-refractivity contribution in [3.8, 4) is 0 Å². The molecule has 1 atom stereocenters. The number of benzene rings is 1. The second kappa shape index (κ2) is 7.75. The molecule has 0 aliphatic carbocycles. The topological polar surface area (TPSA) is 104 Å². The predicted molar refractivity (Wildman–Crippen MR) is 104 cm³/mol. The van der Waals surface area contributed by atoms with Crippen LogP contribution in [0.25, 0.3) is 11.0 Å². The van der Waals surface area contributed by atoms with Crippen molar-refractivity contribution in [3.05, 3.63) is 53.9 Å². The largest absolute Gasteiger partial charge is 0.348 e. The number of hydrogen-bond donors (Lipinski definition) is 2. The third kappa shape index (κ3) is 3.85. The van der Waals surface area contributed by atoms with E-state index in [4.69, 9.17) is 0 Å². The van der Waals surface area contributed by atoms with Gasteiger partial charge in [0.1, 0.15) is 11.5 Å². The molecule has 2 amide bonds. The molecule has 0 unspecified atom stereocenters. The minimum atomic E-state index is -0.224. The second-order valence-corrected chi connectivity index (χ2v) is 7.04. The lowest BCUT2D eigenvalue weighted by Gasteiger charge is -2.21. The monoisotopic (exact) mass is 378 g/mol. The van der Waals surface area contributed by atoms with Gasteiger partial charge in [0.25, 0.3) is 11.8 Å². The van der Waals surface area contributed by atoms with Gasteiger partial charge in [-0.3, -0.25) is 14.6 Å². The summed E-state index contributed by atoms with van der Waals surface area (Å²) in [4.78, 5) is 42.6. The standard InChI is InChI=1S/C20H22N6O2/c1-13-23-16-5-4-14(11-17(16)24-13)20(28)26-9-2-3-15(6-10-26)25-19(27)18-12-21-7-8-22-18/h4-5,7-8,11-12,15H,2-3,6,9-10H2,1H3,(H,23,24)(H,25,27)/t15-/m0/s1. The molecule has 1 saturated heterocycles. The number of aromatic amines is 1. The van der Waals surface area contributed by atoms with E-state index in [2.05, 4.69) is 25.3 Å². The van der Waals surface area contributed by atoms with Gasteiger partial charge in [0.15, 0.2) is 0 Å². The zero-order valence-corrected chi connectivity index (χ0v) is 15.7. The summed E-state index contributed by atoms with van der Waals surface area (Å²) < 4.78 is 0. The van der Waals surface area contributed by atoms with Crippen LogP contribution >= 0.6 is 0 Å². The van der Waals surface area contributed by atoms with Crippen LogP contribution in [0.2, 0.25) is 0 Å². The first-order valence-corrected chi connectivity index (χ1v) is 9.42. The Morgan fingerprint density at radius 2 is 2.11 bits per heavy atom. The number of carbonyl (C=O) groups excluding carboxylic acids is 2. The molecule has 0 spiro atoms. The summed E-state index contributed by atoms with van der Waals surface area (Å²) in [5.41, 5.74) is 2.69. The molecule has 2 N–H and O–H groups in total. The molecular formula is C20H22N6O2. The van der Waals surface area contributed by atoms with Gasteiger partial charge in [-0.25, -0.2) is 9.97 Å². The molecule has 8 nitrogen and oxygen atoms in total. The van der Waals surface area contributed by atoms with Crippen molar-refractivity contribution >= 4 is 22.8 Å². The molecule has 0 bridgehead atoms. The normalized spacial score (nSPS) is 17.3. The quantitative estimate of drug-likeness (QED) is 0.726. The van der Waals surface area contributed by atoms with Crippen molar-refractivity contribution < 1.29 is 9.59 Å². The lowest BCUT2D eigenvalue weighted by Crippen LogP contribution is -2.37. The summed E-state index contributed by atoms with van der Waals surface area (Å²) in [6.45, 7) is 3.17. The molecule has 1 fully saturated rings. The summed E-state index contributed by atoms with van der Waals surface area (Å²) in [6, 6.07) is 5.57. The molecule has 3 heterocycles. The minimum Gasteiger partial charge on any atom is -0.348 e. The Balaban J connectivity index is 1.40. The summed E-state index contributed by atoms with van der Waals surface area (Å²) in [6.07, 6.45) is 6.86. The van der Waals surface area contributed by atoms with E-state index in [1.807, 2.05) is 30.0 Å². The van der Waals surface area contributed by atoms with Gasteiger partial charge in [-0.2, -0.15) is 0 Å². The fourth-order valence-electron chi connectivity index (χ4n) is 3.57. The maximum atomic E-state index is 12.9. The summed E-state index contributed by atoms with van der Waals surface area (Å²) >= 11 is 0. The van der Waals surface area contributed by atoms with E-state index >= 15 is 0 Å². The second-order valence-electron chi connectivity index (χ2n) is 7.04. The van der Waals surface area contributed by atoms with Crippen LogP contribution in [0.3, 0.4) is 0 Å². The minimum absolute atomic E-state index is 0.00931. The van der Waals surface area contributed by atoms with Gasteiger partial charge < -0.3 is 15.2 Å². The smallest absolute Gasteiger partial charge is 0.271 e. The number of aromatic nitrogens is 4. The van der Waals surface area contributed by atoms with Crippen LogP contribution in [-0.4, -0.2) is 55.8 Å². The van der Waals surface area contributed by atoms with Crippen LogP contribution in [-0.2, 0) is 0 Å². The number of imidazole rings is 1. The number of rotatable bonds is 3. The number of H-pyrrole nitrogens is 1. The highest BCUT2D eigenvalue weighted by atomic mass is 16.2. The van der Waals surface area contributed by atoms with Gasteiger partial charge in [0, 0.05) is 37.1 Å². The third-order valence-corrected chi connectivity index (χ3v) is 4.99. The highest BCUT2D eigenvalue weighted by Gasteiger charge is 2.23. The molecular weight excluding hydrogens is 356 g/mol. The number of hydrogen-bond acceptors (Lipinski definition) is 5. The Labute approximate surface area is 162 Å². The third-order valence-electron chi connectivity index (χ3n) is 4.99. The van der Waals surface area contributed by atoms with Crippen LogP contribution < -0.4 is 5.32 Å². The van der Waals surface area contributed by atoms with Crippen molar-refractivity contribution in [1.29, 1.82) is 0 Å². The van der Waals surface area contributed by atoms with E-state index in [-0.39, 0.29) is 17.9 Å². The average molecular weight is 378 g/mol. The molecule has 28 heavy (non-hydrogen) atoms. The van der Waals surface area contributed by atoms with Crippen molar-refractivity contribution in [3.63, 3.8) is 0 Å². The molecule has 0 saturated carbocycles. The van der Waals surface area contributed by atoms with Crippen LogP contribution in [0.4, 0.5) is 0 Å². The SMILES string of the molecule is Cc1nc2ccc(C(=O)N3CCC[C@H](NC(=O)c4cnccn4)CC3)cc2[nH]1. The Hall–Kier alpha value is -3.29. The fourth-order valence-corrected chi connectivity index (χ4v) is 3.57. The van der Waals surface area contributed by atoms with Gasteiger partial charge in [-0.1, -0.05) is 0 Å². The van der Waals surface area contributed by atoms with Gasteiger partial charge in [-0.05, 0) is 44.4 Å². The maximum absolute atomic E-state index is 12.9.